The molecule has 1 aliphatic carbocycles. The van der Waals surface area contributed by atoms with Crippen LogP contribution in [-0.4, -0.2) is 17.0 Å². The summed E-state index contributed by atoms with van der Waals surface area (Å²) >= 11 is 0. The van der Waals surface area contributed by atoms with E-state index in [0.29, 0.717) is 6.42 Å². The van der Waals surface area contributed by atoms with E-state index in [1.54, 1.807) is 0 Å². The first kappa shape index (κ1) is 9.39. The summed E-state index contributed by atoms with van der Waals surface area (Å²) < 4.78 is 0. The van der Waals surface area contributed by atoms with Crippen LogP contribution >= 0.6 is 0 Å². The van der Waals surface area contributed by atoms with Crippen molar-refractivity contribution >= 4 is 17.6 Å². The first-order valence-corrected chi connectivity index (χ1v) is 5.30. The number of anilines is 1. The lowest BCUT2D eigenvalue weighted by Gasteiger charge is -2.02. The maximum Gasteiger partial charge on any atom is 0.307 e. The first-order chi connectivity index (χ1) is 7.65. The van der Waals surface area contributed by atoms with Gasteiger partial charge >= 0.3 is 5.97 Å². The fraction of sp³-hybridized carbons (Fsp3) is 0.333. The number of carbonyl (C=O) groups excluding carboxylic acids is 1. The lowest BCUT2D eigenvalue weighted by molar-refractivity contribution is -0.138. The van der Waals surface area contributed by atoms with Gasteiger partial charge in [0.2, 0.25) is 5.91 Å². The summed E-state index contributed by atoms with van der Waals surface area (Å²) in [4.78, 5) is 21.9. The summed E-state index contributed by atoms with van der Waals surface area (Å²) in [6.07, 6.45) is 1.13. The zero-order valence-corrected chi connectivity index (χ0v) is 8.56. The zero-order valence-electron chi connectivity index (χ0n) is 8.56. The van der Waals surface area contributed by atoms with E-state index in [0.717, 1.165) is 23.2 Å². The molecule has 4 nitrogen and oxygen atoms in total. The fourth-order valence-corrected chi connectivity index (χ4v) is 2.32. The van der Waals surface area contributed by atoms with Crippen LogP contribution in [0.2, 0.25) is 0 Å². The second-order valence-corrected chi connectivity index (χ2v) is 4.43. The number of aliphatic carboxylic acids is 1. The molecule has 0 aromatic heterocycles. The highest BCUT2D eigenvalue weighted by atomic mass is 16.4. The number of nitrogens with one attached hydrogen (secondary N) is 1. The molecule has 2 aliphatic rings. The van der Waals surface area contributed by atoms with E-state index in [9.17, 15) is 9.59 Å². The van der Waals surface area contributed by atoms with E-state index < -0.39 is 5.97 Å². The second-order valence-electron chi connectivity index (χ2n) is 4.43. The average molecular weight is 217 g/mol. The van der Waals surface area contributed by atoms with Crippen LogP contribution in [-0.2, 0) is 16.0 Å². The molecular formula is C12H11NO3. The van der Waals surface area contributed by atoms with Crippen molar-refractivity contribution in [2.24, 2.45) is 5.92 Å². The molecule has 82 valence electrons. The van der Waals surface area contributed by atoms with E-state index >= 15 is 0 Å². The number of carboxylic acid groups (broad SMARTS) is 1. The van der Waals surface area contributed by atoms with Gasteiger partial charge in [0.05, 0.1) is 12.3 Å². The molecule has 16 heavy (non-hydrogen) atoms. The molecule has 1 aromatic rings. The Bertz CT molecular complexity index is 495. The van der Waals surface area contributed by atoms with Gasteiger partial charge in [-0.15, -0.1) is 0 Å². The van der Waals surface area contributed by atoms with Crippen molar-refractivity contribution in [1.82, 2.24) is 0 Å². The first-order valence-electron chi connectivity index (χ1n) is 5.30. The van der Waals surface area contributed by atoms with Crippen LogP contribution in [0.25, 0.3) is 0 Å². The Kier molecular flexibility index (Phi) is 1.80. The minimum atomic E-state index is -0.723. The number of hydrogen-bond acceptors (Lipinski definition) is 2. The summed E-state index contributed by atoms with van der Waals surface area (Å²) in [5.41, 5.74) is 2.89. The number of carbonyl (C=O) groups is 2. The van der Waals surface area contributed by atoms with E-state index in [1.165, 1.54) is 0 Å². The third kappa shape index (κ3) is 1.38. The Hall–Kier alpha value is -1.84. The van der Waals surface area contributed by atoms with E-state index in [4.69, 9.17) is 5.11 Å². The minimum Gasteiger partial charge on any atom is -0.481 e. The number of benzene rings is 1. The van der Waals surface area contributed by atoms with Crippen molar-refractivity contribution in [1.29, 1.82) is 0 Å². The highest BCUT2D eigenvalue weighted by Crippen LogP contribution is 2.48. The van der Waals surface area contributed by atoms with Crippen molar-refractivity contribution in [3.05, 3.63) is 29.3 Å². The van der Waals surface area contributed by atoms with Gasteiger partial charge in [0, 0.05) is 5.69 Å². The molecule has 0 spiro atoms. The lowest BCUT2D eigenvalue weighted by Crippen LogP contribution is -2.03. The molecular weight excluding hydrogens is 206 g/mol. The van der Waals surface area contributed by atoms with E-state index in [-0.39, 0.29) is 17.7 Å². The van der Waals surface area contributed by atoms with Gasteiger partial charge in [-0.2, -0.15) is 0 Å². The number of fused-ring (bicyclic) bond motifs is 1. The van der Waals surface area contributed by atoms with E-state index in [1.807, 2.05) is 18.2 Å². The summed E-state index contributed by atoms with van der Waals surface area (Å²) in [5, 5.41) is 11.6. The number of rotatable bonds is 2. The van der Waals surface area contributed by atoms with Crippen molar-refractivity contribution in [2.75, 3.05) is 5.32 Å². The smallest absolute Gasteiger partial charge is 0.307 e. The predicted octanol–water partition coefficient (Wildman–Crippen LogP) is 1.37. The Morgan fingerprint density at radius 3 is 2.94 bits per heavy atom. The molecule has 1 saturated carbocycles. The number of hydrogen-bond donors (Lipinski definition) is 2. The Morgan fingerprint density at radius 2 is 2.25 bits per heavy atom. The molecule has 4 heteroatoms. The summed E-state index contributed by atoms with van der Waals surface area (Å²) in [6, 6.07) is 5.74. The lowest BCUT2D eigenvalue weighted by atomic mass is 10.0. The van der Waals surface area contributed by atoms with E-state index in [2.05, 4.69) is 5.32 Å². The molecule has 2 atom stereocenters. The SMILES string of the molecule is O=C1Cc2cc(C3CC3C(=O)O)ccc2N1. The Morgan fingerprint density at radius 1 is 1.44 bits per heavy atom. The largest absolute Gasteiger partial charge is 0.481 e. The topological polar surface area (TPSA) is 66.4 Å². The van der Waals surface area contributed by atoms with Crippen LogP contribution in [0.1, 0.15) is 23.5 Å². The highest BCUT2D eigenvalue weighted by molar-refractivity contribution is 5.99. The molecule has 1 amide bonds. The summed E-state index contributed by atoms with van der Waals surface area (Å²) in [6.45, 7) is 0. The summed E-state index contributed by atoms with van der Waals surface area (Å²) in [5.74, 6) is -0.806. The van der Waals surface area contributed by atoms with Crippen molar-refractivity contribution in [3.8, 4) is 0 Å². The van der Waals surface area contributed by atoms with Gasteiger partial charge in [0.15, 0.2) is 0 Å². The average Bonchev–Trinajstić information content (AvgIpc) is 2.94. The quantitative estimate of drug-likeness (QED) is 0.786. The van der Waals surface area contributed by atoms with Crippen LogP contribution < -0.4 is 5.32 Å². The molecule has 3 rings (SSSR count). The third-order valence-electron chi connectivity index (χ3n) is 3.29. The van der Waals surface area contributed by atoms with Crippen LogP contribution in [0.15, 0.2) is 18.2 Å². The predicted molar refractivity (Wildman–Crippen MR) is 57.3 cm³/mol. The zero-order chi connectivity index (χ0) is 11.3. The Balaban J connectivity index is 1.87. The van der Waals surface area contributed by atoms with Crippen LogP contribution in [0, 0.1) is 5.92 Å². The molecule has 0 saturated heterocycles. The standard InChI is InChI=1S/C12H11NO3/c14-11-4-7-3-6(1-2-10(7)13-11)8-5-9(8)12(15)16/h1-3,8-9H,4-5H2,(H,13,14)(H,15,16). The highest BCUT2D eigenvalue weighted by Gasteiger charge is 2.44. The third-order valence-corrected chi connectivity index (χ3v) is 3.29. The van der Waals surface area contributed by atoms with Crippen LogP contribution in [0.4, 0.5) is 5.69 Å². The normalized spacial score (nSPS) is 26.1. The molecule has 1 fully saturated rings. The van der Waals surface area contributed by atoms with Gasteiger partial charge in [0.1, 0.15) is 0 Å². The molecule has 2 N–H and O–H groups in total. The molecule has 0 radical (unpaired) electrons. The second kappa shape index (κ2) is 3.07. The van der Waals surface area contributed by atoms with Crippen molar-refractivity contribution in [2.45, 2.75) is 18.8 Å². The molecule has 1 heterocycles. The Labute approximate surface area is 92.3 Å². The van der Waals surface area contributed by atoms with Crippen molar-refractivity contribution < 1.29 is 14.7 Å². The van der Waals surface area contributed by atoms with Gasteiger partial charge in [0.25, 0.3) is 0 Å². The molecule has 2 unspecified atom stereocenters. The molecule has 0 bridgehead atoms. The van der Waals surface area contributed by atoms with Gasteiger partial charge < -0.3 is 10.4 Å². The molecule has 1 aliphatic heterocycles. The van der Waals surface area contributed by atoms with Gasteiger partial charge in [-0.3, -0.25) is 9.59 Å². The summed E-state index contributed by atoms with van der Waals surface area (Å²) in [7, 11) is 0. The van der Waals surface area contributed by atoms with Gasteiger partial charge in [-0.05, 0) is 29.5 Å². The number of carboxylic acids is 1. The van der Waals surface area contributed by atoms with Crippen LogP contribution in [0.5, 0.6) is 0 Å². The fourth-order valence-electron chi connectivity index (χ4n) is 2.32. The van der Waals surface area contributed by atoms with Crippen molar-refractivity contribution in [3.63, 3.8) is 0 Å². The maximum atomic E-state index is 11.2. The monoisotopic (exact) mass is 217 g/mol. The minimum absolute atomic E-state index is 0.0118. The maximum absolute atomic E-state index is 11.2. The van der Waals surface area contributed by atoms with Gasteiger partial charge in [-0.25, -0.2) is 0 Å². The van der Waals surface area contributed by atoms with Crippen LogP contribution in [0.3, 0.4) is 0 Å². The number of amides is 1. The molecule has 1 aromatic carbocycles. The van der Waals surface area contributed by atoms with Gasteiger partial charge in [-0.1, -0.05) is 12.1 Å².